The minimum atomic E-state index is -0.388. The van der Waals surface area contributed by atoms with E-state index in [2.05, 4.69) is 10.9 Å². The lowest BCUT2D eigenvalue weighted by Gasteiger charge is -2.12. The van der Waals surface area contributed by atoms with Crippen LogP contribution < -0.4 is 10.9 Å². The van der Waals surface area contributed by atoms with E-state index < -0.39 is 0 Å². The number of hydrazine groups is 1. The van der Waals surface area contributed by atoms with Gasteiger partial charge in [0.05, 0.1) is 4.92 Å². The minimum absolute atomic E-state index is 0.0973. The Labute approximate surface area is 140 Å². The summed E-state index contributed by atoms with van der Waals surface area (Å²) in [5.74, 6) is 0. The first-order valence-electron chi connectivity index (χ1n) is 7.61. The summed E-state index contributed by atoms with van der Waals surface area (Å²) < 4.78 is 0. The summed E-state index contributed by atoms with van der Waals surface area (Å²) in [6.45, 7) is 0.627. The number of para-hydroxylation sites is 1. The standard InChI is InChI=1S/C19H17N3O2/c23-22(24)18-12-10-15(11-13-18)19-9-5-4-6-16(19)14-20-21-17-7-2-1-3-8-17/h1-13,20-21H,14H2. The molecule has 2 N–H and O–H groups in total. The molecule has 0 aliphatic rings. The Morgan fingerprint density at radius 2 is 1.50 bits per heavy atom. The number of benzene rings is 3. The van der Waals surface area contributed by atoms with Gasteiger partial charge in [0.2, 0.25) is 0 Å². The van der Waals surface area contributed by atoms with Crippen LogP contribution in [0.15, 0.2) is 78.9 Å². The van der Waals surface area contributed by atoms with Crippen molar-refractivity contribution in [3.8, 4) is 11.1 Å². The van der Waals surface area contributed by atoms with E-state index in [1.165, 1.54) is 12.1 Å². The van der Waals surface area contributed by atoms with Crippen molar-refractivity contribution in [2.45, 2.75) is 6.54 Å². The topological polar surface area (TPSA) is 67.2 Å². The fourth-order valence-corrected chi connectivity index (χ4v) is 2.48. The quantitative estimate of drug-likeness (QED) is 0.523. The molecule has 0 aromatic heterocycles. The van der Waals surface area contributed by atoms with Crippen molar-refractivity contribution in [3.05, 3.63) is 94.5 Å². The van der Waals surface area contributed by atoms with Crippen molar-refractivity contribution in [2.75, 3.05) is 5.43 Å². The zero-order valence-corrected chi connectivity index (χ0v) is 13.0. The summed E-state index contributed by atoms with van der Waals surface area (Å²) in [5.41, 5.74) is 10.6. The Balaban J connectivity index is 1.74. The lowest BCUT2D eigenvalue weighted by atomic mass is 9.99. The maximum atomic E-state index is 10.8. The zero-order valence-electron chi connectivity index (χ0n) is 13.0. The van der Waals surface area contributed by atoms with E-state index in [0.29, 0.717) is 6.54 Å². The van der Waals surface area contributed by atoms with Crippen molar-refractivity contribution >= 4 is 11.4 Å². The average Bonchev–Trinajstić information content (AvgIpc) is 2.63. The van der Waals surface area contributed by atoms with Crippen LogP contribution in [0.2, 0.25) is 0 Å². The van der Waals surface area contributed by atoms with E-state index >= 15 is 0 Å². The molecule has 0 heterocycles. The molecule has 0 aliphatic carbocycles. The molecule has 3 aromatic carbocycles. The Kier molecular flexibility index (Phi) is 4.84. The molecule has 5 nitrogen and oxygen atoms in total. The molecule has 24 heavy (non-hydrogen) atoms. The molecule has 120 valence electrons. The van der Waals surface area contributed by atoms with Gasteiger partial charge in [-0.2, -0.15) is 0 Å². The molecule has 3 rings (SSSR count). The van der Waals surface area contributed by atoms with Crippen LogP contribution >= 0.6 is 0 Å². The van der Waals surface area contributed by atoms with Crippen LogP contribution in [0.1, 0.15) is 5.56 Å². The Morgan fingerprint density at radius 3 is 2.21 bits per heavy atom. The molecular weight excluding hydrogens is 302 g/mol. The summed E-state index contributed by atoms with van der Waals surface area (Å²) in [4.78, 5) is 10.4. The molecule has 0 amide bonds. The molecule has 3 aromatic rings. The molecule has 0 saturated heterocycles. The van der Waals surface area contributed by atoms with E-state index in [-0.39, 0.29) is 10.6 Å². The number of hydrogen-bond donors (Lipinski definition) is 2. The third kappa shape index (κ3) is 3.77. The van der Waals surface area contributed by atoms with E-state index in [9.17, 15) is 10.1 Å². The van der Waals surface area contributed by atoms with Crippen LogP contribution in [0, 0.1) is 10.1 Å². The average molecular weight is 319 g/mol. The van der Waals surface area contributed by atoms with Gasteiger partial charge in [-0.25, -0.2) is 5.43 Å². The van der Waals surface area contributed by atoms with Gasteiger partial charge in [0, 0.05) is 24.4 Å². The predicted molar refractivity (Wildman–Crippen MR) is 95.4 cm³/mol. The monoisotopic (exact) mass is 319 g/mol. The second-order valence-electron chi connectivity index (χ2n) is 5.31. The summed E-state index contributed by atoms with van der Waals surface area (Å²) in [6.07, 6.45) is 0. The normalized spacial score (nSPS) is 10.3. The molecule has 0 unspecified atom stereocenters. The molecule has 0 spiro atoms. The number of nitrogens with one attached hydrogen (secondary N) is 2. The van der Waals surface area contributed by atoms with E-state index in [0.717, 1.165) is 22.4 Å². The van der Waals surface area contributed by atoms with Gasteiger partial charge in [-0.15, -0.1) is 0 Å². The highest BCUT2D eigenvalue weighted by molar-refractivity contribution is 5.68. The van der Waals surface area contributed by atoms with Crippen molar-refractivity contribution in [1.82, 2.24) is 5.43 Å². The van der Waals surface area contributed by atoms with Crippen LogP contribution in [-0.4, -0.2) is 4.92 Å². The van der Waals surface area contributed by atoms with Crippen LogP contribution in [0.25, 0.3) is 11.1 Å². The largest absolute Gasteiger partial charge is 0.321 e. The molecule has 0 radical (unpaired) electrons. The first-order valence-corrected chi connectivity index (χ1v) is 7.61. The molecule has 0 atom stereocenters. The van der Waals surface area contributed by atoms with Gasteiger partial charge in [-0.05, 0) is 41.0 Å². The predicted octanol–water partition coefficient (Wildman–Crippen LogP) is 4.38. The second kappa shape index (κ2) is 7.39. The van der Waals surface area contributed by atoms with Crippen molar-refractivity contribution < 1.29 is 4.92 Å². The maximum Gasteiger partial charge on any atom is 0.269 e. The SMILES string of the molecule is O=[N+]([O-])c1ccc(-c2ccccc2CNNc2ccccc2)cc1. The lowest BCUT2D eigenvalue weighted by Crippen LogP contribution is -2.21. The lowest BCUT2D eigenvalue weighted by molar-refractivity contribution is -0.384. The number of non-ortho nitro benzene ring substituents is 1. The summed E-state index contributed by atoms with van der Waals surface area (Å²) in [7, 11) is 0. The van der Waals surface area contributed by atoms with Gasteiger partial charge in [0.25, 0.3) is 5.69 Å². The number of hydrogen-bond acceptors (Lipinski definition) is 4. The summed E-state index contributed by atoms with van der Waals surface area (Å²) >= 11 is 0. The number of nitro benzene ring substituents is 1. The Bertz CT molecular complexity index is 818. The molecular formula is C19H17N3O2. The second-order valence-corrected chi connectivity index (χ2v) is 5.31. The van der Waals surface area contributed by atoms with Gasteiger partial charge in [-0.3, -0.25) is 10.1 Å². The van der Waals surface area contributed by atoms with Gasteiger partial charge in [0.15, 0.2) is 0 Å². The fourth-order valence-electron chi connectivity index (χ4n) is 2.48. The number of rotatable bonds is 6. The van der Waals surface area contributed by atoms with Crippen LogP contribution in [0.3, 0.4) is 0 Å². The molecule has 0 bridgehead atoms. The first kappa shape index (κ1) is 15.7. The van der Waals surface area contributed by atoms with Gasteiger partial charge in [-0.1, -0.05) is 42.5 Å². The third-order valence-electron chi connectivity index (χ3n) is 3.69. The highest BCUT2D eigenvalue weighted by Crippen LogP contribution is 2.25. The third-order valence-corrected chi connectivity index (χ3v) is 3.69. The van der Waals surface area contributed by atoms with Crippen LogP contribution in [-0.2, 0) is 6.54 Å². The van der Waals surface area contributed by atoms with Crippen LogP contribution in [0.4, 0.5) is 11.4 Å². The highest BCUT2D eigenvalue weighted by atomic mass is 16.6. The van der Waals surface area contributed by atoms with Crippen molar-refractivity contribution in [2.24, 2.45) is 0 Å². The molecule has 5 heteroatoms. The minimum Gasteiger partial charge on any atom is -0.321 e. The summed E-state index contributed by atoms with van der Waals surface area (Å²) in [5, 5.41) is 10.8. The molecule has 0 aliphatic heterocycles. The molecule has 0 fully saturated rings. The number of nitrogens with zero attached hydrogens (tertiary/aromatic N) is 1. The van der Waals surface area contributed by atoms with Gasteiger partial charge >= 0.3 is 0 Å². The van der Waals surface area contributed by atoms with Crippen LogP contribution in [0.5, 0.6) is 0 Å². The summed E-state index contributed by atoms with van der Waals surface area (Å²) in [6, 6.07) is 24.5. The molecule has 0 saturated carbocycles. The Hall–Kier alpha value is -3.18. The van der Waals surface area contributed by atoms with Crippen molar-refractivity contribution in [3.63, 3.8) is 0 Å². The van der Waals surface area contributed by atoms with E-state index in [1.807, 2.05) is 54.6 Å². The van der Waals surface area contributed by atoms with Gasteiger partial charge in [0.1, 0.15) is 0 Å². The number of anilines is 1. The first-order chi connectivity index (χ1) is 11.7. The van der Waals surface area contributed by atoms with Gasteiger partial charge < -0.3 is 5.43 Å². The van der Waals surface area contributed by atoms with Crippen molar-refractivity contribution in [1.29, 1.82) is 0 Å². The smallest absolute Gasteiger partial charge is 0.269 e. The number of nitro groups is 1. The highest BCUT2D eigenvalue weighted by Gasteiger charge is 2.08. The fraction of sp³-hybridized carbons (Fsp3) is 0.0526. The Morgan fingerprint density at radius 1 is 0.833 bits per heavy atom. The van der Waals surface area contributed by atoms with E-state index in [4.69, 9.17) is 0 Å². The maximum absolute atomic E-state index is 10.8. The van der Waals surface area contributed by atoms with E-state index in [1.54, 1.807) is 12.1 Å². The zero-order chi connectivity index (χ0) is 16.8.